The summed E-state index contributed by atoms with van der Waals surface area (Å²) in [5, 5.41) is 13.1. The summed E-state index contributed by atoms with van der Waals surface area (Å²) in [6, 6.07) is 9.82. The van der Waals surface area contributed by atoms with Gasteiger partial charge >= 0.3 is 0 Å². The maximum atomic E-state index is 13.4. The van der Waals surface area contributed by atoms with E-state index < -0.39 is 0 Å². The van der Waals surface area contributed by atoms with Gasteiger partial charge in [-0.3, -0.25) is 4.98 Å². The van der Waals surface area contributed by atoms with Crippen molar-refractivity contribution in [1.82, 2.24) is 29.9 Å². The van der Waals surface area contributed by atoms with Crippen molar-refractivity contribution >= 4 is 11.8 Å². The second-order valence-electron chi connectivity index (χ2n) is 5.83. The lowest BCUT2D eigenvalue weighted by Gasteiger charge is -2.06. The Kier molecular flexibility index (Phi) is 4.68. The number of aromatic nitrogens is 6. The third-order valence-corrected chi connectivity index (χ3v) is 5.06. The molecule has 0 saturated heterocycles. The first-order valence-electron chi connectivity index (χ1n) is 8.18. The Hall–Kier alpha value is -3.07. The average Bonchev–Trinajstić information content (AvgIpc) is 3.31. The van der Waals surface area contributed by atoms with E-state index in [2.05, 4.69) is 25.3 Å². The minimum absolute atomic E-state index is 0.121. The van der Waals surface area contributed by atoms with E-state index in [1.807, 2.05) is 30.7 Å². The topological polar surface area (TPSA) is 82.5 Å². The normalized spacial score (nSPS) is 12.3. The van der Waals surface area contributed by atoms with Gasteiger partial charge in [-0.25, -0.2) is 4.39 Å². The molecule has 1 atom stereocenters. The van der Waals surface area contributed by atoms with Gasteiger partial charge in [0.2, 0.25) is 0 Å². The molecule has 0 amide bonds. The Labute approximate surface area is 158 Å². The van der Waals surface area contributed by atoms with Crippen LogP contribution < -0.4 is 0 Å². The van der Waals surface area contributed by atoms with Crippen LogP contribution in [-0.2, 0) is 7.05 Å². The van der Waals surface area contributed by atoms with Crippen LogP contribution >= 0.6 is 11.8 Å². The molecular weight excluding hydrogens is 367 g/mol. The molecule has 0 aliphatic rings. The van der Waals surface area contributed by atoms with Gasteiger partial charge in [0, 0.05) is 30.6 Å². The third-order valence-electron chi connectivity index (χ3n) is 3.93. The lowest BCUT2D eigenvalue weighted by molar-refractivity contribution is 0.422. The Morgan fingerprint density at radius 1 is 1.11 bits per heavy atom. The maximum absolute atomic E-state index is 13.4. The zero-order valence-electron chi connectivity index (χ0n) is 14.6. The Balaban J connectivity index is 1.53. The largest absolute Gasteiger partial charge is 0.334 e. The Bertz CT molecular complexity index is 1060. The molecule has 0 spiro atoms. The molecule has 3 aromatic heterocycles. The summed E-state index contributed by atoms with van der Waals surface area (Å²) >= 11 is 1.47. The molecule has 27 heavy (non-hydrogen) atoms. The first-order valence-corrected chi connectivity index (χ1v) is 9.06. The van der Waals surface area contributed by atoms with E-state index in [-0.39, 0.29) is 17.0 Å². The van der Waals surface area contributed by atoms with Crippen molar-refractivity contribution in [3.63, 3.8) is 0 Å². The van der Waals surface area contributed by atoms with Crippen molar-refractivity contribution in [3.8, 4) is 22.8 Å². The smallest absolute Gasteiger partial charge is 0.258 e. The van der Waals surface area contributed by atoms with Crippen LogP contribution in [0.25, 0.3) is 22.8 Å². The predicted octanol–water partition coefficient (Wildman–Crippen LogP) is 3.92. The standard InChI is InChI=1S/C18H15FN6OS/c1-11(15-21-17(26-24-15)13-4-3-5-14(19)10-13)27-18-23-22-16(25(18)2)12-6-8-20-9-7-12/h3-11H,1-2H3. The van der Waals surface area contributed by atoms with E-state index >= 15 is 0 Å². The predicted molar refractivity (Wildman–Crippen MR) is 98.2 cm³/mol. The molecule has 0 radical (unpaired) electrons. The highest BCUT2D eigenvalue weighted by Gasteiger charge is 2.20. The fourth-order valence-electron chi connectivity index (χ4n) is 2.52. The quantitative estimate of drug-likeness (QED) is 0.484. The van der Waals surface area contributed by atoms with E-state index in [4.69, 9.17) is 4.52 Å². The van der Waals surface area contributed by atoms with Gasteiger partial charge in [-0.15, -0.1) is 10.2 Å². The van der Waals surface area contributed by atoms with Gasteiger partial charge in [0.15, 0.2) is 16.8 Å². The summed E-state index contributed by atoms with van der Waals surface area (Å²) in [5.41, 5.74) is 1.48. The first-order chi connectivity index (χ1) is 13.1. The molecule has 1 aromatic carbocycles. The van der Waals surface area contributed by atoms with Crippen molar-refractivity contribution in [2.45, 2.75) is 17.3 Å². The fourth-order valence-corrected chi connectivity index (χ4v) is 3.37. The van der Waals surface area contributed by atoms with Crippen LogP contribution in [-0.4, -0.2) is 29.9 Å². The van der Waals surface area contributed by atoms with E-state index in [1.165, 1.54) is 23.9 Å². The molecule has 0 bridgehead atoms. The molecule has 136 valence electrons. The number of thioether (sulfide) groups is 1. The zero-order chi connectivity index (χ0) is 18.8. The number of hydrogen-bond acceptors (Lipinski definition) is 7. The van der Waals surface area contributed by atoms with E-state index in [0.717, 1.165) is 16.5 Å². The summed E-state index contributed by atoms with van der Waals surface area (Å²) < 4.78 is 20.6. The van der Waals surface area contributed by atoms with Gasteiger partial charge in [0.05, 0.1) is 5.25 Å². The molecule has 1 unspecified atom stereocenters. The lowest BCUT2D eigenvalue weighted by Crippen LogP contribution is -1.98. The maximum Gasteiger partial charge on any atom is 0.258 e. The van der Waals surface area contributed by atoms with E-state index in [9.17, 15) is 4.39 Å². The molecule has 3 heterocycles. The van der Waals surface area contributed by atoms with Crippen LogP contribution in [0.15, 0.2) is 58.5 Å². The average molecular weight is 382 g/mol. The van der Waals surface area contributed by atoms with Crippen LogP contribution in [0.5, 0.6) is 0 Å². The van der Waals surface area contributed by atoms with Gasteiger partial charge < -0.3 is 9.09 Å². The number of pyridine rings is 1. The van der Waals surface area contributed by atoms with Crippen LogP contribution in [0.2, 0.25) is 0 Å². The minimum Gasteiger partial charge on any atom is -0.334 e. The highest BCUT2D eigenvalue weighted by molar-refractivity contribution is 7.99. The van der Waals surface area contributed by atoms with Crippen LogP contribution in [0.4, 0.5) is 4.39 Å². The van der Waals surface area contributed by atoms with Crippen molar-refractivity contribution in [3.05, 3.63) is 60.4 Å². The summed E-state index contributed by atoms with van der Waals surface area (Å²) in [5.74, 6) is 1.19. The van der Waals surface area contributed by atoms with Crippen molar-refractivity contribution in [2.75, 3.05) is 0 Å². The second kappa shape index (κ2) is 7.28. The molecule has 9 heteroatoms. The molecule has 0 fully saturated rings. The SMILES string of the molecule is CC(Sc1nnc(-c2ccncc2)n1C)c1noc(-c2cccc(F)c2)n1. The molecule has 4 aromatic rings. The first kappa shape index (κ1) is 17.3. The highest BCUT2D eigenvalue weighted by Crippen LogP contribution is 2.34. The zero-order valence-corrected chi connectivity index (χ0v) is 15.4. The Morgan fingerprint density at radius 3 is 2.70 bits per heavy atom. The third kappa shape index (κ3) is 3.59. The van der Waals surface area contributed by atoms with Gasteiger partial charge in [0.1, 0.15) is 5.82 Å². The van der Waals surface area contributed by atoms with E-state index in [0.29, 0.717) is 11.4 Å². The Morgan fingerprint density at radius 2 is 1.93 bits per heavy atom. The van der Waals surface area contributed by atoms with Crippen LogP contribution in [0.3, 0.4) is 0 Å². The van der Waals surface area contributed by atoms with Gasteiger partial charge in [-0.05, 0) is 37.3 Å². The summed E-state index contributed by atoms with van der Waals surface area (Å²) in [4.78, 5) is 8.40. The van der Waals surface area contributed by atoms with Gasteiger partial charge in [0.25, 0.3) is 5.89 Å². The fraction of sp³-hybridized carbons (Fsp3) is 0.167. The summed E-state index contributed by atoms with van der Waals surface area (Å²) in [7, 11) is 1.90. The molecular formula is C18H15FN6OS. The van der Waals surface area contributed by atoms with Gasteiger partial charge in [-0.1, -0.05) is 23.0 Å². The summed E-state index contributed by atoms with van der Waals surface area (Å²) in [6.45, 7) is 1.95. The van der Waals surface area contributed by atoms with Crippen LogP contribution in [0.1, 0.15) is 18.0 Å². The lowest BCUT2D eigenvalue weighted by atomic mass is 10.2. The van der Waals surface area contributed by atoms with Gasteiger partial charge in [-0.2, -0.15) is 4.98 Å². The molecule has 0 aliphatic heterocycles. The number of rotatable bonds is 5. The second-order valence-corrected chi connectivity index (χ2v) is 7.14. The molecule has 4 rings (SSSR count). The highest BCUT2D eigenvalue weighted by atomic mass is 32.2. The number of halogens is 1. The molecule has 0 N–H and O–H groups in total. The van der Waals surface area contributed by atoms with Crippen molar-refractivity contribution < 1.29 is 8.91 Å². The molecule has 0 aliphatic carbocycles. The number of benzene rings is 1. The minimum atomic E-state index is -0.350. The number of hydrogen-bond donors (Lipinski definition) is 0. The van der Waals surface area contributed by atoms with Crippen molar-refractivity contribution in [1.29, 1.82) is 0 Å². The molecule has 0 saturated carbocycles. The van der Waals surface area contributed by atoms with E-state index in [1.54, 1.807) is 24.5 Å². The molecule has 7 nitrogen and oxygen atoms in total. The number of nitrogens with zero attached hydrogens (tertiary/aromatic N) is 6. The monoisotopic (exact) mass is 382 g/mol. The van der Waals surface area contributed by atoms with Crippen molar-refractivity contribution in [2.24, 2.45) is 7.05 Å². The summed E-state index contributed by atoms with van der Waals surface area (Å²) in [6.07, 6.45) is 3.43. The van der Waals surface area contributed by atoms with Crippen LogP contribution in [0, 0.1) is 5.82 Å².